The Balaban J connectivity index is 1.17. The summed E-state index contributed by atoms with van der Waals surface area (Å²) >= 11 is 0. The highest BCUT2D eigenvalue weighted by atomic mass is 16.4. The van der Waals surface area contributed by atoms with Gasteiger partial charge in [0.15, 0.2) is 0 Å². The van der Waals surface area contributed by atoms with Crippen LogP contribution in [0.25, 0.3) is 16.7 Å². The molecule has 2 saturated carbocycles. The number of nitrogens with one attached hydrogen (secondary N) is 2. The number of hydrogen-bond acceptors (Lipinski definition) is 3. The molecule has 0 bridgehead atoms. The maximum Gasteiger partial charge on any atom is 0.315 e. The van der Waals surface area contributed by atoms with Crippen molar-refractivity contribution >= 4 is 23.0 Å². The van der Waals surface area contributed by atoms with Gasteiger partial charge in [-0.3, -0.25) is 9.36 Å². The molecule has 0 saturated heterocycles. The molecule has 2 amide bonds. The third-order valence-electron chi connectivity index (χ3n) is 6.07. The smallest absolute Gasteiger partial charge is 0.315 e. The molecule has 2 aromatic carbocycles. The Bertz CT molecular complexity index is 1070. The van der Waals surface area contributed by atoms with Crippen molar-refractivity contribution in [1.29, 1.82) is 0 Å². The van der Waals surface area contributed by atoms with E-state index >= 15 is 0 Å². The van der Waals surface area contributed by atoms with Crippen molar-refractivity contribution in [3.8, 4) is 5.69 Å². The Morgan fingerprint density at radius 2 is 1.93 bits per heavy atom. The molecule has 3 aromatic rings. The summed E-state index contributed by atoms with van der Waals surface area (Å²) in [4.78, 5) is 27.6. The van der Waals surface area contributed by atoms with Gasteiger partial charge in [-0.15, -0.1) is 0 Å². The third kappa shape index (κ3) is 2.62. The molecule has 2 aliphatic carbocycles. The first-order valence-corrected chi connectivity index (χ1v) is 9.36. The van der Waals surface area contributed by atoms with Crippen molar-refractivity contribution in [2.24, 2.45) is 11.3 Å². The molecule has 0 unspecified atom stereocenters. The summed E-state index contributed by atoms with van der Waals surface area (Å²) < 4.78 is 2.03. The quantitative estimate of drug-likeness (QED) is 0.638. The maximum atomic E-state index is 12.1. The summed E-state index contributed by atoms with van der Waals surface area (Å²) in [6.07, 6.45) is 3.02. The normalized spacial score (nSPS) is 24.9. The minimum absolute atomic E-state index is 0.0204. The van der Waals surface area contributed by atoms with E-state index in [1.165, 1.54) is 0 Å². The number of urea groups is 1. The van der Waals surface area contributed by atoms with Crippen molar-refractivity contribution < 1.29 is 14.7 Å². The molecule has 3 atom stereocenters. The van der Waals surface area contributed by atoms with Crippen LogP contribution in [0.5, 0.6) is 0 Å². The van der Waals surface area contributed by atoms with Crippen LogP contribution in [0.2, 0.25) is 0 Å². The molecular weight excluding hydrogens is 356 g/mol. The second kappa shape index (κ2) is 6.09. The number of amides is 2. The summed E-state index contributed by atoms with van der Waals surface area (Å²) in [5.74, 6) is -0.637. The van der Waals surface area contributed by atoms with Gasteiger partial charge in [-0.2, -0.15) is 0 Å². The van der Waals surface area contributed by atoms with Crippen molar-refractivity contribution in [2.75, 3.05) is 0 Å². The number of imidazole rings is 1. The van der Waals surface area contributed by atoms with Crippen molar-refractivity contribution in [3.05, 3.63) is 60.4 Å². The van der Waals surface area contributed by atoms with Crippen LogP contribution in [-0.2, 0) is 11.3 Å². The average molecular weight is 376 g/mol. The fraction of sp³-hybridized carbons (Fsp3) is 0.286. The fourth-order valence-electron chi connectivity index (χ4n) is 4.30. The number of benzene rings is 2. The van der Waals surface area contributed by atoms with Crippen LogP contribution < -0.4 is 10.6 Å². The molecule has 2 fully saturated rings. The van der Waals surface area contributed by atoms with E-state index < -0.39 is 11.4 Å². The number of aliphatic carboxylic acids is 1. The van der Waals surface area contributed by atoms with Gasteiger partial charge in [0, 0.05) is 18.3 Å². The van der Waals surface area contributed by atoms with Gasteiger partial charge in [-0.1, -0.05) is 24.3 Å². The molecule has 1 aromatic heterocycles. The first-order valence-electron chi connectivity index (χ1n) is 9.36. The van der Waals surface area contributed by atoms with Crippen LogP contribution in [0.1, 0.15) is 18.4 Å². The lowest BCUT2D eigenvalue weighted by Gasteiger charge is -2.32. The van der Waals surface area contributed by atoms with Crippen LogP contribution in [0, 0.1) is 11.3 Å². The van der Waals surface area contributed by atoms with E-state index in [-0.39, 0.29) is 18.0 Å². The lowest BCUT2D eigenvalue weighted by molar-refractivity contribution is -0.147. The largest absolute Gasteiger partial charge is 0.481 e. The lowest BCUT2D eigenvalue weighted by atomic mass is 9.80. The number of carboxylic acid groups (broad SMARTS) is 1. The number of rotatable bonds is 5. The Morgan fingerprint density at radius 3 is 2.64 bits per heavy atom. The van der Waals surface area contributed by atoms with Crippen molar-refractivity contribution in [2.45, 2.75) is 25.4 Å². The predicted molar refractivity (Wildman–Crippen MR) is 103 cm³/mol. The van der Waals surface area contributed by atoms with E-state index in [4.69, 9.17) is 5.11 Å². The average Bonchev–Trinajstić information content (AvgIpc) is 3.10. The third-order valence-corrected chi connectivity index (χ3v) is 6.07. The topological polar surface area (TPSA) is 96.3 Å². The summed E-state index contributed by atoms with van der Waals surface area (Å²) in [6, 6.07) is 15.6. The van der Waals surface area contributed by atoms with E-state index in [2.05, 4.69) is 15.6 Å². The summed E-state index contributed by atoms with van der Waals surface area (Å²) in [5.41, 5.74) is 3.44. The van der Waals surface area contributed by atoms with Crippen LogP contribution in [0.3, 0.4) is 0 Å². The number of fused-ring (bicyclic) bond motifs is 2. The number of nitrogens with zero attached hydrogens (tertiary/aromatic N) is 2. The highest BCUT2D eigenvalue weighted by molar-refractivity contribution is 5.82. The Hall–Kier alpha value is -3.35. The number of para-hydroxylation sites is 2. The highest BCUT2D eigenvalue weighted by Crippen LogP contribution is 2.67. The summed E-state index contributed by atoms with van der Waals surface area (Å²) in [7, 11) is 0. The molecule has 5 rings (SSSR count). The second-order valence-electron chi connectivity index (χ2n) is 7.68. The lowest BCUT2D eigenvalue weighted by Crippen LogP contribution is -2.51. The number of carbonyl (C=O) groups is 2. The molecule has 7 nitrogen and oxygen atoms in total. The second-order valence-corrected chi connectivity index (χ2v) is 7.68. The van der Waals surface area contributed by atoms with Crippen LogP contribution >= 0.6 is 0 Å². The van der Waals surface area contributed by atoms with Crippen molar-refractivity contribution in [3.63, 3.8) is 0 Å². The molecule has 2 aliphatic rings. The standard InChI is InChI=1S/C21H20N4O3/c26-19(27)21-9-15(21)17(10-21)24-20(28)22-11-13-5-7-14(8-6-13)25-12-23-16-3-1-2-4-18(16)25/h1-8,12,15,17H,9-11H2,(H,26,27)(H2,22,24,28)/t15-,17-,21-/m0/s1. The molecule has 7 heteroatoms. The van der Waals surface area contributed by atoms with Crippen molar-refractivity contribution in [1.82, 2.24) is 20.2 Å². The van der Waals surface area contributed by atoms with Crippen LogP contribution in [0.15, 0.2) is 54.9 Å². The number of carbonyl (C=O) groups excluding carboxylic acids is 1. The number of aromatic nitrogens is 2. The van der Waals surface area contributed by atoms with Crippen LogP contribution in [0.4, 0.5) is 4.79 Å². The molecule has 1 heterocycles. The van der Waals surface area contributed by atoms with Crippen LogP contribution in [-0.4, -0.2) is 32.7 Å². The molecule has 0 aliphatic heterocycles. The fourth-order valence-corrected chi connectivity index (χ4v) is 4.30. The monoisotopic (exact) mass is 376 g/mol. The van der Waals surface area contributed by atoms with Gasteiger partial charge in [-0.05, 0) is 48.6 Å². The SMILES string of the molecule is O=C(NCc1ccc(-n2cnc3ccccc32)cc1)N[C@H]1C[C@@]2(C(=O)O)C[C@@H]12. The van der Waals surface area contributed by atoms with E-state index in [1.54, 1.807) is 6.33 Å². The number of hydrogen-bond donors (Lipinski definition) is 3. The molecule has 142 valence electrons. The van der Waals surface area contributed by atoms with Gasteiger partial charge in [0.1, 0.15) is 6.33 Å². The minimum atomic E-state index is -0.735. The van der Waals surface area contributed by atoms with Gasteiger partial charge in [-0.25, -0.2) is 9.78 Å². The maximum absolute atomic E-state index is 12.1. The zero-order valence-corrected chi connectivity index (χ0v) is 15.1. The van der Waals surface area contributed by atoms with E-state index in [0.717, 1.165) is 22.3 Å². The predicted octanol–water partition coefficient (Wildman–Crippen LogP) is 2.69. The Labute approximate surface area is 161 Å². The molecular formula is C21H20N4O3. The van der Waals surface area contributed by atoms with E-state index in [1.807, 2.05) is 53.1 Å². The molecule has 0 radical (unpaired) electrons. The Morgan fingerprint density at radius 1 is 1.14 bits per heavy atom. The highest BCUT2D eigenvalue weighted by Gasteiger charge is 2.72. The molecule has 3 N–H and O–H groups in total. The first-order chi connectivity index (χ1) is 13.6. The van der Waals surface area contributed by atoms with Gasteiger partial charge in [0.2, 0.25) is 0 Å². The first kappa shape index (κ1) is 16.8. The van der Waals surface area contributed by atoms with Gasteiger partial charge in [0.05, 0.1) is 16.4 Å². The summed E-state index contributed by atoms with van der Waals surface area (Å²) in [6.45, 7) is 0.415. The zero-order valence-electron chi connectivity index (χ0n) is 15.1. The number of carboxylic acids is 1. The minimum Gasteiger partial charge on any atom is -0.481 e. The molecule has 28 heavy (non-hydrogen) atoms. The van der Waals surface area contributed by atoms with Gasteiger partial charge >= 0.3 is 12.0 Å². The van der Waals surface area contributed by atoms with E-state index in [0.29, 0.717) is 19.4 Å². The zero-order chi connectivity index (χ0) is 19.3. The summed E-state index contributed by atoms with van der Waals surface area (Å²) in [5, 5.41) is 14.9. The molecule has 0 spiro atoms. The Kier molecular flexibility index (Phi) is 3.65. The van der Waals surface area contributed by atoms with E-state index in [9.17, 15) is 9.59 Å². The van der Waals surface area contributed by atoms with Gasteiger partial charge in [0.25, 0.3) is 0 Å². The van der Waals surface area contributed by atoms with Gasteiger partial charge < -0.3 is 15.7 Å².